The molecule has 5 aliphatic carbocycles. The lowest BCUT2D eigenvalue weighted by molar-refractivity contribution is -0.181. The number of ether oxygens (including phenoxy) is 2. The van der Waals surface area contributed by atoms with Gasteiger partial charge in [-0.3, -0.25) is 9.59 Å². The minimum atomic E-state index is -0.718. The maximum atomic E-state index is 13.6. The molecule has 6 nitrogen and oxygen atoms in total. The minimum absolute atomic E-state index is 0.129. The Balaban J connectivity index is 1.56. The van der Waals surface area contributed by atoms with Crippen molar-refractivity contribution in [3.05, 3.63) is 0 Å². The lowest BCUT2D eigenvalue weighted by Gasteiger charge is -2.59. The zero-order valence-corrected chi connectivity index (χ0v) is 17.1. The lowest BCUT2D eigenvalue weighted by Crippen LogP contribution is -2.62. The van der Waals surface area contributed by atoms with Crippen LogP contribution in [0.1, 0.15) is 64.2 Å². The number of amides is 1. The molecule has 0 heterocycles. The maximum Gasteiger partial charge on any atom is 0.328 e. The Bertz CT molecular complexity index is 627. The molecule has 28 heavy (non-hydrogen) atoms. The van der Waals surface area contributed by atoms with Crippen LogP contribution < -0.4 is 5.32 Å². The second kappa shape index (κ2) is 7.68. The molecule has 5 aliphatic rings. The number of rotatable bonds is 6. The molecule has 1 amide bonds. The van der Waals surface area contributed by atoms with Gasteiger partial charge in [-0.15, -0.1) is 0 Å². The molecule has 5 saturated carbocycles. The second-order valence-corrected chi connectivity index (χ2v) is 9.70. The Hall–Kier alpha value is -1.59. The Labute approximate surface area is 167 Å². The number of nitrogens with one attached hydrogen (secondary N) is 1. The van der Waals surface area contributed by atoms with Gasteiger partial charge < -0.3 is 14.8 Å². The number of hydrogen-bond donors (Lipinski definition) is 1. The van der Waals surface area contributed by atoms with Crippen LogP contribution in [0, 0.1) is 35.0 Å². The molecule has 5 rings (SSSR count). The van der Waals surface area contributed by atoms with E-state index in [9.17, 15) is 14.4 Å². The van der Waals surface area contributed by atoms with Gasteiger partial charge in [-0.25, -0.2) is 4.79 Å². The van der Waals surface area contributed by atoms with Crippen LogP contribution in [0.2, 0.25) is 0 Å². The SMILES string of the molecule is COC(=O)C(CC1CCCC1)NC(=O)C12CC3CC(CC(C3)C1C(=O)OC)C2. The summed E-state index contributed by atoms with van der Waals surface area (Å²) in [6, 6.07) is -0.619. The summed E-state index contributed by atoms with van der Waals surface area (Å²) >= 11 is 0. The summed E-state index contributed by atoms with van der Waals surface area (Å²) in [5.74, 6) is 0.564. The summed E-state index contributed by atoms with van der Waals surface area (Å²) < 4.78 is 10.1. The first-order chi connectivity index (χ1) is 13.5. The van der Waals surface area contributed by atoms with Crippen LogP contribution in [0.3, 0.4) is 0 Å². The molecule has 4 bridgehead atoms. The van der Waals surface area contributed by atoms with Crippen LogP contribution in [0.5, 0.6) is 0 Å². The molecule has 0 aromatic carbocycles. The fraction of sp³-hybridized carbons (Fsp3) is 0.864. The van der Waals surface area contributed by atoms with E-state index in [1.807, 2.05) is 0 Å². The molecule has 5 fully saturated rings. The third-order valence-electron chi connectivity index (χ3n) is 8.05. The van der Waals surface area contributed by atoms with E-state index < -0.39 is 11.5 Å². The van der Waals surface area contributed by atoms with Crippen molar-refractivity contribution in [1.82, 2.24) is 5.32 Å². The molecule has 0 aromatic rings. The van der Waals surface area contributed by atoms with E-state index >= 15 is 0 Å². The standard InChI is InChI=1S/C22H33NO5/c1-27-19(24)17(10-13-5-3-4-6-13)23-21(26)22-11-14-7-15(12-22)9-16(8-14)18(22)20(25)28-2/h13-18H,3-12H2,1-2H3,(H,23,26). The van der Waals surface area contributed by atoms with Gasteiger partial charge in [0.05, 0.1) is 25.6 Å². The van der Waals surface area contributed by atoms with Crippen LogP contribution in [0.4, 0.5) is 0 Å². The van der Waals surface area contributed by atoms with Crippen molar-refractivity contribution in [3.8, 4) is 0 Å². The highest BCUT2D eigenvalue weighted by Gasteiger charge is 2.63. The molecular weight excluding hydrogens is 358 g/mol. The van der Waals surface area contributed by atoms with Gasteiger partial charge in [-0.05, 0) is 62.2 Å². The van der Waals surface area contributed by atoms with Gasteiger partial charge in [-0.2, -0.15) is 0 Å². The number of hydrogen-bond acceptors (Lipinski definition) is 5. The molecule has 6 heteroatoms. The summed E-state index contributed by atoms with van der Waals surface area (Å²) in [5.41, 5.74) is -0.718. The average molecular weight is 392 g/mol. The first kappa shape index (κ1) is 19.7. The monoisotopic (exact) mass is 391 g/mol. The third-order valence-corrected chi connectivity index (χ3v) is 8.05. The van der Waals surface area contributed by atoms with Crippen molar-refractivity contribution in [2.75, 3.05) is 14.2 Å². The topological polar surface area (TPSA) is 81.7 Å². The van der Waals surface area contributed by atoms with Crippen molar-refractivity contribution in [2.24, 2.45) is 35.0 Å². The third kappa shape index (κ3) is 3.33. The summed E-state index contributed by atoms with van der Waals surface area (Å²) in [5, 5.41) is 3.04. The molecule has 0 saturated heterocycles. The number of esters is 2. The van der Waals surface area contributed by atoms with Gasteiger partial charge in [0.2, 0.25) is 5.91 Å². The predicted octanol–water partition coefficient (Wildman–Crippen LogP) is 2.84. The van der Waals surface area contributed by atoms with Crippen LogP contribution in [-0.4, -0.2) is 38.1 Å². The number of methoxy groups -OCH3 is 2. The highest BCUT2D eigenvalue weighted by atomic mass is 16.5. The van der Waals surface area contributed by atoms with E-state index in [4.69, 9.17) is 9.47 Å². The van der Waals surface area contributed by atoms with Crippen molar-refractivity contribution >= 4 is 17.8 Å². The fourth-order valence-electron chi connectivity index (χ4n) is 7.15. The Morgan fingerprint density at radius 2 is 1.64 bits per heavy atom. The molecule has 156 valence electrons. The molecule has 4 unspecified atom stereocenters. The van der Waals surface area contributed by atoms with E-state index in [0.717, 1.165) is 38.5 Å². The molecule has 1 N–H and O–H groups in total. The van der Waals surface area contributed by atoms with E-state index in [1.54, 1.807) is 0 Å². The van der Waals surface area contributed by atoms with Gasteiger partial charge in [0, 0.05) is 0 Å². The van der Waals surface area contributed by atoms with Crippen molar-refractivity contribution in [1.29, 1.82) is 0 Å². The van der Waals surface area contributed by atoms with E-state index in [2.05, 4.69) is 5.32 Å². The summed E-state index contributed by atoms with van der Waals surface area (Å²) in [6.07, 6.45) is 9.90. The van der Waals surface area contributed by atoms with E-state index in [-0.39, 0.29) is 29.7 Å². The lowest BCUT2D eigenvalue weighted by atomic mass is 9.44. The largest absolute Gasteiger partial charge is 0.469 e. The van der Waals surface area contributed by atoms with Gasteiger partial charge >= 0.3 is 11.9 Å². The van der Waals surface area contributed by atoms with E-state index in [0.29, 0.717) is 24.2 Å². The molecule has 0 aliphatic heterocycles. The van der Waals surface area contributed by atoms with Crippen LogP contribution in [0.15, 0.2) is 0 Å². The molecule has 0 radical (unpaired) electrons. The van der Waals surface area contributed by atoms with Crippen LogP contribution in [-0.2, 0) is 23.9 Å². The van der Waals surface area contributed by atoms with Crippen LogP contribution in [0.25, 0.3) is 0 Å². The molecule has 0 aromatic heterocycles. The normalized spacial score (nSPS) is 37.5. The molecule has 0 spiro atoms. The minimum Gasteiger partial charge on any atom is -0.469 e. The van der Waals surface area contributed by atoms with Gasteiger partial charge in [-0.1, -0.05) is 25.7 Å². The second-order valence-electron chi connectivity index (χ2n) is 9.70. The van der Waals surface area contributed by atoms with Gasteiger partial charge in [0.25, 0.3) is 0 Å². The fourth-order valence-corrected chi connectivity index (χ4v) is 7.15. The van der Waals surface area contributed by atoms with Crippen molar-refractivity contribution in [3.63, 3.8) is 0 Å². The Kier molecular flexibility index (Phi) is 5.41. The van der Waals surface area contributed by atoms with Gasteiger partial charge in [0.15, 0.2) is 0 Å². The quantitative estimate of drug-likeness (QED) is 0.704. The Morgan fingerprint density at radius 1 is 1.00 bits per heavy atom. The van der Waals surface area contributed by atoms with Crippen LogP contribution >= 0.6 is 0 Å². The highest BCUT2D eigenvalue weighted by Crippen LogP contribution is 2.63. The molecule has 4 atom stereocenters. The van der Waals surface area contributed by atoms with Gasteiger partial charge in [0.1, 0.15) is 6.04 Å². The maximum absolute atomic E-state index is 13.6. The van der Waals surface area contributed by atoms with E-state index in [1.165, 1.54) is 33.5 Å². The zero-order valence-electron chi connectivity index (χ0n) is 17.1. The predicted molar refractivity (Wildman–Crippen MR) is 102 cm³/mol. The zero-order chi connectivity index (χ0) is 19.9. The summed E-state index contributed by atoms with van der Waals surface area (Å²) in [7, 11) is 2.79. The average Bonchev–Trinajstić information content (AvgIpc) is 3.18. The van der Waals surface area contributed by atoms with Crippen molar-refractivity contribution < 1.29 is 23.9 Å². The van der Waals surface area contributed by atoms with Crippen molar-refractivity contribution in [2.45, 2.75) is 70.3 Å². The smallest absolute Gasteiger partial charge is 0.328 e. The number of carbonyl (C=O) groups excluding carboxylic acids is 3. The Morgan fingerprint density at radius 3 is 2.21 bits per heavy atom. The number of carbonyl (C=O) groups is 3. The molecular formula is C22H33NO5. The summed E-state index contributed by atoms with van der Waals surface area (Å²) in [4.78, 5) is 38.7. The first-order valence-corrected chi connectivity index (χ1v) is 10.9. The summed E-state index contributed by atoms with van der Waals surface area (Å²) in [6.45, 7) is 0. The first-order valence-electron chi connectivity index (χ1n) is 10.9. The highest BCUT2D eigenvalue weighted by molar-refractivity contribution is 5.92.